The van der Waals surface area contributed by atoms with Gasteiger partial charge in [-0.1, -0.05) is 44.0 Å². The Balaban J connectivity index is 1.56. The summed E-state index contributed by atoms with van der Waals surface area (Å²) in [6.07, 6.45) is 4.28. The average molecular weight is 488 g/mol. The number of nitrogens with zero attached hydrogens (tertiary/aromatic N) is 3. The number of azide groups is 1. The third kappa shape index (κ3) is 2.95. The van der Waals surface area contributed by atoms with Gasteiger partial charge in [-0.3, -0.25) is 4.79 Å². The number of carboxylic acids is 1. The highest BCUT2D eigenvalue weighted by Gasteiger charge is 2.84. The number of aliphatic hydroxyl groups excluding tert-OH is 1. The van der Waals surface area contributed by atoms with Gasteiger partial charge in [-0.05, 0) is 61.3 Å². The minimum absolute atomic E-state index is 0.000854. The van der Waals surface area contributed by atoms with Crippen molar-refractivity contribution in [2.75, 3.05) is 6.61 Å². The zero-order valence-corrected chi connectivity index (χ0v) is 21.0. The van der Waals surface area contributed by atoms with Crippen molar-refractivity contribution in [3.8, 4) is 0 Å². The smallest absolute Gasteiger partial charge is 0.315 e. The van der Waals surface area contributed by atoms with Crippen molar-refractivity contribution in [1.82, 2.24) is 0 Å². The van der Waals surface area contributed by atoms with Gasteiger partial charge in [-0.2, -0.15) is 0 Å². The summed E-state index contributed by atoms with van der Waals surface area (Å²) >= 11 is 0. The average Bonchev–Trinajstić information content (AvgIpc) is 3.38. The summed E-state index contributed by atoms with van der Waals surface area (Å²) < 4.78 is 12.3. The van der Waals surface area contributed by atoms with Crippen LogP contribution in [0.2, 0.25) is 0 Å². The molecule has 0 amide bonds. The molecule has 35 heavy (non-hydrogen) atoms. The van der Waals surface area contributed by atoms with E-state index >= 15 is 0 Å². The summed E-state index contributed by atoms with van der Waals surface area (Å²) in [7, 11) is 0. The Kier molecular flexibility index (Phi) is 5.87. The minimum atomic E-state index is -1.30. The number of hydrogen-bond acceptors (Lipinski definition) is 6. The first-order valence-electron chi connectivity index (χ1n) is 13.0. The second kappa shape index (κ2) is 8.30. The molecule has 5 rings (SSSR count). The summed E-state index contributed by atoms with van der Waals surface area (Å²) in [5.74, 6) is -0.182. The van der Waals surface area contributed by atoms with Crippen LogP contribution in [0.5, 0.6) is 0 Å². The lowest BCUT2D eigenvalue weighted by Crippen LogP contribution is -2.63. The molecule has 9 heteroatoms. The highest BCUT2D eigenvalue weighted by molar-refractivity contribution is 5.90. The van der Waals surface area contributed by atoms with Crippen LogP contribution in [0.15, 0.2) is 16.8 Å². The zero-order valence-electron chi connectivity index (χ0n) is 21.0. The fraction of sp³-hybridized carbons (Fsp3) is 0.846. The molecule has 5 aliphatic rings. The lowest BCUT2D eigenvalue weighted by Gasteiger charge is -2.58. The summed E-state index contributed by atoms with van der Waals surface area (Å²) in [5, 5.41) is 25.1. The molecule has 4 aliphatic carbocycles. The van der Waals surface area contributed by atoms with Crippen molar-refractivity contribution in [1.29, 1.82) is 0 Å². The molecule has 11 atom stereocenters. The first kappa shape index (κ1) is 24.8. The van der Waals surface area contributed by atoms with Crippen LogP contribution in [0.4, 0.5) is 0 Å². The molecule has 1 saturated heterocycles. The van der Waals surface area contributed by atoms with Gasteiger partial charge in [-0.25, -0.2) is 0 Å². The van der Waals surface area contributed by atoms with E-state index in [0.717, 1.165) is 24.7 Å². The number of aliphatic carboxylic acids is 1. The fourth-order valence-electron chi connectivity index (χ4n) is 9.19. The van der Waals surface area contributed by atoms with Crippen LogP contribution in [0, 0.1) is 45.8 Å². The van der Waals surface area contributed by atoms with E-state index in [0.29, 0.717) is 18.8 Å². The van der Waals surface area contributed by atoms with Gasteiger partial charge in [0.25, 0.3) is 0 Å². The van der Waals surface area contributed by atoms with Crippen molar-refractivity contribution >= 4 is 12.3 Å². The van der Waals surface area contributed by atoms with E-state index in [1.807, 2.05) is 13.8 Å². The Morgan fingerprint density at radius 2 is 2.11 bits per heavy atom. The van der Waals surface area contributed by atoms with Gasteiger partial charge in [0.05, 0.1) is 30.3 Å². The number of allylic oxidation sites excluding steroid dienone is 1. The second-order valence-corrected chi connectivity index (χ2v) is 12.1. The highest BCUT2D eigenvalue weighted by Crippen LogP contribution is 2.82. The number of aldehydes is 1. The first-order chi connectivity index (χ1) is 16.6. The van der Waals surface area contributed by atoms with Crippen LogP contribution in [0.1, 0.15) is 59.8 Å². The molecule has 1 heterocycles. The minimum Gasteiger partial charge on any atom is -0.481 e. The number of ether oxygens (including phenoxy) is 2. The Hall–Kier alpha value is -1.93. The van der Waals surface area contributed by atoms with Gasteiger partial charge < -0.3 is 24.5 Å². The molecule has 0 spiro atoms. The maximum atomic E-state index is 13.5. The number of rotatable bonds is 7. The van der Waals surface area contributed by atoms with E-state index in [-0.39, 0.29) is 36.7 Å². The molecule has 1 aliphatic heterocycles. The van der Waals surface area contributed by atoms with E-state index in [1.54, 1.807) is 6.92 Å². The van der Waals surface area contributed by atoms with E-state index in [2.05, 4.69) is 23.0 Å². The molecule has 0 radical (unpaired) electrons. The number of fused-ring (bicyclic) bond motifs is 2. The predicted octanol–water partition coefficient (Wildman–Crippen LogP) is 4.10. The number of carbonyl (C=O) groups is 2. The van der Waals surface area contributed by atoms with E-state index < -0.39 is 46.8 Å². The lowest BCUT2D eigenvalue weighted by molar-refractivity contribution is -0.246. The van der Waals surface area contributed by atoms with Gasteiger partial charge in [-0.15, -0.1) is 0 Å². The Morgan fingerprint density at radius 1 is 1.37 bits per heavy atom. The molecule has 9 nitrogen and oxygen atoms in total. The summed E-state index contributed by atoms with van der Waals surface area (Å²) in [5.41, 5.74) is 6.81. The molecule has 4 bridgehead atoms. The second-order valence-electron chi connectivity index (χ2n) is 12.1. The van der Waals surface area contributed by atoms with Crippen molar-refractivity contribution in [3.05, 3.63) is 22.1 Å². The third-order valence-electron chi connectivity index (χ3n) is 10.5. The van der Waals surface area contributed by atoms with Crippen LogP contribution >= 0.6 is 0 Å². The Bertz CT molecular complexity index is 994. The van der Waals surface area contributed by atoms with Gasteiger partial charge in [0.2, 0.25) is 0 Å². The SMILES string of the molecule is CC(C)C1=CC2CC3(C=O)C4CCC(C)C4CC2(CO[C@H]2C[C@H](N=[N+]=[N-])[C@H](O)[C@@H](C)O2)C13C(=O)O. The molecular weight excluding hydrogens is 450 g/mol. The van der Waals surface area contributed by atoms with Crippen molar-refractivity contribution < 1.29 is 29.3 Å². The first-order valence-corrected chi connectivity index (χ1v) is 13.0. The molecule has 4 fully saturated rings. The maximum Gasteiger partial charge on any atom is 0.315 e. The van der Waals surface area contributed by atoms with E-state index in [9.17, 15) is 19.8 Å². The summed E-state index contributed by atoms with van der Waals surface area (Å²) in [6.45, 7) is 8.13. The Morgan fingerprint density at radius 3 is 2.74 bits per heavy atom. The largest absolute Gasteiger partial charge is 0.481 e. The van der Waals surface area contributed by atoms with Crippen molar-refractivity contribution in [3.63, 3.8) is 0 Å². The van der Waals surface area contributed by atoms with Crippen LogP contribution in [-0.4, -0.2) is 53.6 Å². The van der Waals surface area contributed by atoms with Crippen LogP contribution in [0.25, 0.3) is 10.4 Å². The topological polar surface area (TPSA) is 142 Å². The van der Waals surface area contributed by atoms with Crippen molar-refractivity contribution in [2.45, 2.75) is 84.3 Å². The Labute approximate surface area is 205 Å². The van der Waals surface area contributed by atoms with E-state index in [4.69, 9.17) is 15.0 Å². The monoisotopic (exact) mass is 487 g/mol. The molecule has 0 aromatic rings. The molecule has 2 N–H and O–H groups in total. The van der Waals surface area contributed by atoms with Gasteiger partial charge in [0.1, 0.15) is 11.7 Å². The number of carboxylic acid groups (broad SMARTS) is 1. The van der Waals surface area contributed by atoms with Crippen molar-refractivity contribution in [2.24, 2.45) is 50.9 Å². The normalized spacial score (nSPS) is 49.9. The van der Waals surface area contributed by atoms with Gasteiger partial charge >= 0.3 is 5.97 Å². The van der Waals surface area contributed by atoms with Crippen LogP contribution in [-0.2, 0) is 19.1 Å². The molecule has 7 unspecified atom stereocenters. The number of hydrogen-bond donors (Lipinski definition) is 2. The molecule has 192 valence electrons. The van der Waals surface area contributed by atoms with E-state index in [1.165, 1.54) is 0 Å². The lowest BCUT2D eigenvalue weighted by atomic mass is 9.43. The van der Waals surface area contributed by atoms with Crippen LogP contribution < -0.4 is 0 Å². The number of aliphatic hydroxyl groups is 1. The summed E-state index contributed by atoms with van der Waals surface area (Å²) in [4.78, 5) is 29.4. The fourth-order valence-corrected chi connectivity index (χ4v) is 9.19. The molecule has 0 aromatic carbocycles. The molecule has 0 aromatic heterocycles. The highest BCUT2D eigenvalue weighted by atomic mass is 16.7. The summed E-state index contributed by atoms with van der Waals surface area (Å²) in [6, 6.07) is -0.677. The standard InChI is InChI=1S/C26H37N3O6/c1-13(2)19-7-16-9-24(11-30)18-6-5-14(3)17(18)10-25(16,26(19,24)23(32)33)12-34-21-8-20(28-29-27)22(31)15(4)35-21/h7,11,13-18,20-22,31H,5-6,8-10,12H2,1-4H3,(H,32,33)/t14?,15-,16?,17?,18?,20+,21-,22-,24?,25?,26?/m1/s1. The quantitative estimate of drug-likeness (QED) is 0.182. The number of carbonyl (C=O) groups excluding carboxylic acids is 1. The maximum absolute atomic E-state index is 13.5. The third-order valence-corrected chi connectivity index (χ3v) is 10.5. The van der Waals surface area contributed by atoms with Crippen LogP contribution in [0.3, 0.4) is 0 Å². The van der Waals surface area contributed by atoms with Gasteiger partial charge in [0, 0.05) is 16.7 Å². The van der Waals surface area contributed by atoms with Gasteiger partial charge in [0.15, 0.2) is 6.29 Å². The molecular formula is C26H37N3O6. The predicted molar refractivity (Wildman–Crippen MR) is 126 cm³/mol. The molecule has 3 saturated carbocycles. The zero-order chi connectivity index (χ0) is 25.3.